The molecule has 0 saturated heterocycles. The zero-order valence-electron chi connectivity index (χ0n) is 34.5. The van der Waals surface area contributed by atoms with Gasteiger partial charge in [-0.3, -0.25) is 0 Å². The molecule has 0 radical (unpaired) electrons. The number of hydrogen-bond donors (Lipinski definition) is 0. The second-order valence-electron chi connectivity index (χ2n) is 14.9. The van der Waals surface area contributed by atoms with Crippen molar-refractivity contribution in [3.05, 3.63) is 0 Å². The van der Waals surface area contributed by atoms with Crippen molar-refractivity contribution in [2.45, 2.75) is 244 Å². The number of hydrogen-bond acceptors (Lipinski definition) is 8. The van der Waals surface area contributed by atoms with Crippen LogP contribution in [0, 0.1) is 0 Å². The molecule has 0 aliphatic carbocycles. The molecule has 0 spiro atoms. The van der Waals surface area contributed by atoms with E-state index in [0.717, 1.165) is 70.6 Å². The first-order valence-electron chi connectivity index (χ1n) is 22.1. The van der Waals surface area contributed by atoms with Crippen molar-refractivity contribution >= 4 is 43.5 Å². The molecule has 0 unspecified atom stereocenters. The Bertz CT molecular complexity index is 776. The summed E-state index contributed by atoms with van der Waals surface area (Å²) in [5.41, 5.74) is 0. The molecule has 0 N–H and O–H groups in total. The monoisotopic (exact) mass is 847 g/mol. The summed E-state index contributed by atoms with van der Waals surface area (Å²) in [5.74, 6) is -1.99. The molecular formula is C43H82O8Sn. The van der Waals surface area contributed by atoms with Crippen molar-refractivity contribution in [3.63, 3.8) is 0 Å². The van der Waals surface area contributed by atoms with Gasteiger partial charge in [0.15, 0.2) is 0 Å². The molecule has 0 aliphatic rings. The third-order valence-corrected chi connectivity index (χ3v) is 16.7. The van der Waals surface area contributed by atoms with Gasteiger partial charge in [0.05, 0.1) is 0 Å². The summed E-state index contributed by atoms with van der Waals surface area (Å²) >= 11 is -5.22. The standard InChI is InChI=1S/3C12H24O2.C7H13O2.Sn/c3*1-2-3-4-5-6-7-8-9-10-11-12(13)14;1-3-5-6-9-7(8)4-2;/h3*2-11H2,1H3,(H,13,14);2-6H2,1H3;/q;;;;+3/p-3. The van der Waals surface area contributed by atoms with Crippen LogP contribution in [0.5, 0.6) is 0 Å². The van der Waals surface area contributed by atoms with E-state index in [4.69, 9.17) is 14.0 Å². The first-order valence-corrected chi connectivity index (χ1v) is 27.6. The van der Waals surface area contributed by atoms with E-state index in [1.54, 1.807) is 0 Å². The van der Waals surface area contributed by atoms with Crippen LogP contribution in [0.4, 0.5) is 0 Å². The number of carbonyl (C=O) groups is 4. The fraction of sp³-hybridized carbons (Fsp3) is 0.907. The van der Waals surface area contributed by atoms with Crippen molar-refractivity contribution < 1.29 is 33.1 Å². The molecule has 0 aromatic carbocycles. The van der Waals surface area contributed by atoms with Gasteiger partial charge in [0.1, 0.15) is 0 Å². The van der Waals surface area contributed by atoms with Crippen molar-refractivity contribution in [2.75, 3.05) is 6.61 Å². The summed E-state index contributed by atoms with van der Waals surface area (Å²) in [6.45, 7) is 8.97. The Morgan fingerprint density at radius 1 is 0.327 bits per heavy atom. The van der Waals surface area contributed by atoms with Gasteiger partial charge in [0.25, 0.3) is 0 Å². The van der Waals surface area contributed by atoms with E-state index in [-0.39, 0.29) is 30.1 Å². The van der Waals surface area contributed by atoms with Gasteiger partial charge >= 0.3 is 306 Å². The molecule has 9 heteroatoms. The van der Waals surface area contributed by atoms with Crippen molar-refractivity contribution in [1.29, 1.82) is 0 Å². The van der Waals surface area contributed by atoms with E-state index in [1.165, 1.54) is 96.3 Å². The first-order chi connectivity index (χ1) is 25.3. The number of carbonyl (C=O) groups excluding carboxylic acids is 4. The normalized spacial score (nSPS) is 11.4. The average Bonchev–Trinajstić information content (AvgIpc) is 3.12. The van der Waals surface area contributed by atoms with E-state index < -0.39 is 43.5 Å². The van der Waals surface area contributed by atoms with E-state index >= 15 is 0 Å². The Morgan fingerprint density at radius 2 is 0.596 bits per heavy atom. The van der Waals surface area contributed by atoms with Gasteiger partial charge in [-0.1, -0.05) is 20.8 Å². The predicted octanol–water partition coefficient (Wildman–Crippen LogP) is 13.1. The smallest absolute Gasteiger partial charge is 0.0654 e. The SMILES string of the molecule is CCCCCCCCCCCC(=O)[O][Sn]([CH2]CC(=O)OCCCC)([O]C(=O)CCCCCCCCCCC)[O]C(=O)CCCCCCCCCCC. The molecule has 0 saturated carbocycles. The van der Waals surface area contributed by atoms with Gasteiger partial charge < -0.3 is 0 Å². The summed E-state index contributed by atoms with van der Waals surface area (Å²) in [5, 5.41) is 0. The molecule has 0 aliphatic heterocycles. The minimum Gasteiger partial charge on any atom is -0.0654 e. The van der Waals surface area contributed by atoms with Crippen LogP contribution in [0.15, 0.2) is 0 Å². The molecule has 0 heterocycles. The minimum absolute atomic E-state index is 0.0872. The molecule has 0 rings (SSSR count). The first kappa shape index (κ1) is 50.7. The third-order valence-electron chi connectivity index (χ3n) is 9.66. The maximum absolute atomic E-state index is 13.3. The fourth-order valence-electron chi connectivity index (χ4n) is 6.29. The Morgan fingerprint density at radius 3 is 0.885 bits per heavy atom. The van der Waals surface area contributed by atoms with Crippen LogP contribution in [0.25, 0.3) is 0 Å². The van der Waals surface area contributed by atoms with E-state index in [9.17, 15) is 19.2 Å². The second-order valence-corrected chi connectivity index (χ2v) is 22.0. The maximum atomic E-state index is 13.3. The van der Waals surface area contributed by atoms with E-state index in [0.29, 0.717) is 25.9 Å². The van der Waals surface area contributed by atoms with Crippen molar-refractivity contribution in [3.8, 4) is 0 Å². The van der Waals surface area contributed by atoms with Crippen LogP contribution in [-0.2, 0) is 33.1 Å². The molecule has 0 aromatic rings. The quantitative estimate of drug-likeness (QED) is 0.0342. The molecule has 8 nitrogen and oxygen atoms in total. The van der Waals surface area contributed by atoms with Gasteiger partial charge in [-0.05, 0) is 0 Å². The van der Waals surface area contributed by atoms with Crippen molar-refractivity contribution in [2.24, 2.45) is 0 Å². The zero-order chi connectivity index (χ0) is 38.4. The van der Waals surface area contributed by atoms with Gasteiger partial charge in [0, 0.05) is 0 Å². The van der Waals surface area contributed by atoms with Gasteiger partial charge in [-0.25, -0.2) is 0 Å². The summed E-state index contributed by atoms with van der Waals surface area (Å²) in [6.07, 6.45) is 32.1. The summed E-state index contributed by atoms with van der Waals surface area (Å²) < 4.78 is 23.2. The minimum atomic E-state index is -5.22. The Hall–Kier alpha value is -1.32. The Balaban J connectivity index is 5.41. The molecule has 0 aromatic heterocycles. The number of ether oxygens (including phenoxy) is 1. The van der Waals surface area contributed by atoms with E-state index in [1.807, 2.05) is 6.92 Å². The number of unbranched alkanes of at least 4 members (excludes halogenated alkanes) is 25. The number of rotatable bonds is 39. The molecule has 0 atom stereocenters. The van der Waals surface area contributed by atoms with Crippen molar-refractivity contribution in [1.82, 2.24) is 0 Å². The van der Waals surface area contributed by atoms with Crippen LogP contribution in [-0.4, -0.2) is 50.1 Å². The molecule has 0 amide bonds. The second kappa shape index (κ2) is 38.0. The average molecular weight is 846 g/mol. The van der Waals surface area contributed by atoms with Crippen LogP contribution in [0.2, 0.25) is 4.44 Å². The van der Waals surface area contributed by atoms with Gasteiger partial charge in [-0.15, -0.1) is 0 Å². The topological polar surface area (TPSA) is 105 Å². The van der Waals surface area contributed by atoms with Crippen LogP contribution in [0.3, 0.4) is 0 Å². The van der Waals surface area contributed by atoms with Crippen LogP contribution in [0.1, 0.15) is 240 Å². The van der Waals surface area contributed by atoms with E-state index in [2.05, 4.69) is 20.8 Å². The summed E-state index contributed by atoms with van der Waals surface area (Å²) in [4.78, 5) is 52.5. The molecular weight excluding hydrogens is 763 g/mol. The summed E-state index contributed by atoms with van der Waals surface area (Å²) in [7, 11) is 0. The molecule has 52 heavy (non-hydrogen) atoms. The predicted molar refractivity (Wildman–Crippen MR) is 215 cm³/mol. The van der Waals surface area contributed by atoms with Gasteiger partial charge in [-0.2, -0.15) is 0 Å². The molecule has 0 bridgehead atoms. The van der Waals surface area contributed by atoms with Crippen LogP contribution < -0.4 is 0 Å². The molecule has 0 fully saturated rings. The Kier molecular flexibility index (Phi) is 37.0. The summed E-state index contributed by atoms with van der Waals surface area (Å²) in [6, 6.07) is 0. The Labute approximate surface area is 325 Å². The zero-order valence-corrected chi connectivity index (χ0v) is 37.4. The molecule has 306 valence electrons. The third kappa shape index (κ3) is 33.3. The fourth-order valence-corrected chi connectivity index (χ4v) is 12.8. The van der Waals surface area contributed by atoms with Gasteiger partial charge in [0.2, 0.25) is 0 Å². The number of esters is 1. The van der Waals surface area contributed by atoms with Crippen LogP contribution >= 0.6 is 0 Å².